The van der Waals surface area contributed by atoms with Gasteiger partial charge in [-0.05, 0) is 5.56 Å². The SMILES string of the molecule is O=S(=O)(F)Cc1ccccc1.[N-]=[N+]=[N-].[Na+]. The summed E-state index contributed by atoms with van der Waals surface area (Å²) in [6.45, 7) is 0. The summed E-state index contributed by atoms with van der Waals surface area (Å²) in [4.78, 5) is 1.50. The third kappa shape index (κ3) is 11.3. The third-order valence-electron chi connectivity index (χ3n) is 1.18. The van der Waals surface area contributed by atoms with Crippen molar-refractivity contribution in [2.75, 3.05) is 0 Å². The van der Waals surface area contributed by atoms with Crippen LogP contribution in [0.2, 0.25) is 0 Å². The van der Waals surface area contributed by atoms with Crippen LogP contribution in [-0.4, -0.2) is 8.42 Å². The van der Waals surface area contributed by atoms with E-state index in [4.69, 9.17) is 11.1 Å². The van der Waals surface area contributed by atoms with Gasteiger partial charge in [-0.1, -0.05) is 30.3 Å². The second-order valence-electron chi connectivity index (χ2n) is 2.26. The van der Waals surface area contributed by atoms with Crippen molar-refractivity contribution in [2.24, 2.45) is 0 Å². The summed E-state index contributed by atoms with van der Waals surface area (Å²) in [6.07, 6.45) is 0. The Morgan fingerprint density at radius 1 is 1.20 bits per heavy atom. The van der Waals surface area contributed by atoms with Crippen LogP contribution in [-0.2, 0) is 16.0 Å². The molecule has 0 aliphatic carbocycles. The minimum atomic E-state index is -4.38. The zero-order valence-electron chi connectivity index (χ0n) is 8.04. The molecular formula is C7H7FN3NaO2S. The second-order valence-corrected chi connectivity index (χ2v) is 3.62. The van der Waals surface area contributed by atoms with E-state index in [0.717, 1.165) is 0 Å². The van der Waals surface area contributed by atoms with Gasteiger partial charge < -0.3 is 11.1 Å². The Balaban J connectivity index is 0. The van der Waals surface area contributed by atoms with Gasteiger partial charge in [-0.25, -0.2) is 0 Å². The first-order valence-electron chi connectivity index (χ1n) is 3.44. The molecule has 0 saturated carbocycles. The zero-order valence-corrected chi connectivity index (χ0v) is 10.9. The fraction of sp³-hybridized carbons (Fsp3) is 0.143. The molecule has 0 radical (unpaired) electrons. The normalized spacial score (nSPS) is 8.87. The molecule has 0 atom stereocenters. The molecule has 15 heavy (non-hydrogen) atoms. The van der Waals surface area contributed by atoms with Crippen LogP contribution in [0.25, 0.3) is 16.0 Å². The molecule has 0 amide bonds. The average molecular weight is 239 g/mol. The Labute approximate surface area is 109 Å². The number of rotatable bonds is 2. The number of hydrogen-bond donors (Lipinski definition) is 0. The largest absolute Gasteiger partial charge is 1.00 e. The molecule has 0 bridgehead atoms. The van der Waals surface area contributed by atoms with Crippen LogP contribution in [0.5, 0.6) is 0 Å². The van der Waals surface area contributed by atoms with Gasteiger partial charge >= 0.3 is 39.8 Å². The summed E-state index contributed by atoms with van der Waals surface area (Å²) in [7, 11) is -4.38. The van der Waals surface area contributed by atoms with E-state index >= 15 is 0 Å². The molecule has 0 heterocycles. The fourth-order valence-electron chi connectivity index (χ4n) is 0.773. The van der Waals surface area contributed by atoms with Crippen molar-refractivity contribution in [3.05, 3.63) is 51.9 Å². The third-order valence-corrected chi connectivity index (χ3v) is 1.86. The van der Waals surface area contributed by atoms with E-state index in [-0.39, 0.29) is 29.6 Å². The first-order valence-corrected chi connectivity index (χ1v) is 4.99. The first-order chi connectivity index (χ1) is 6.49. The molecular weight excluding hydrogens is 232 g/mol. The quantitative estimate of drug-likeness (QED) is 0.225. The Morgan fingerprint density at radius 3 is 1.93 bits per heavy atom. The van der Waals surface area contributed by atoms with E-state index in [1.54, 1.807) is 30.3 Å². The van der Waals surface area contributed by atoms with Gasteiger partial charge in [0.05, 0.1) is 0 Å². The number of hydrogen-bond acceptors (Lipinski definition) is 2. The number of nitrogens with zero attached hydrogens (tertiary/aromatic N) is 3. The fourth-order valence-corrected chi connectivity index (χ4v) is 1.36. The van der Waals surface area contributed by atoms with Crippen LogP contribution >= 0.6 is 0 Å². The van der Waals surface area contributed by atoms with Gasteiger partial charge in [0.1, 0.15) is 5.75 Å². The van der Waals surface area contributed by atoms with Gasteiger partial charge in [0.15, 0.2) is 0 Å². The standard InChI is InChI=1S/C7H7FO2S.N3.Na/c8-11(9,10)6-7-4-2-1-3-5-7;1-3-2;/h1-5H,6H2;;/q;-1;+1. The molecule has 8 heteroatoms. The van der Waals surface area contributed by atoms with Gasteiger partial charge in [0.2, 0.25) is 0 Å². The summed E-state index contributed by atoms with van der Waals surface area (Å²) in [5, 5.41) is 0. The molecule has 0 N–H and O–H groups in total. The molecule has 0 fully saturated rings. The van der Waals surface area contributed by atoms with Crippen molar-refractivity contribution >= 4 is 10.2 Å². The predicted molar refractivity (Wildman–Crippen MR) is 50.3 cm³/mol. The Kier molecular flexibility index (Phi) is 9.76. The van der Waals surface area contributed by atoms with Crippen molar-refractivity contribution in [3.8, 4) is 0 Å². The van der Waals surface area contributed by atoms with Crippen molar-refractivity contribution in [2.45, 2.75) is 5.75 Å². The molecule has 1 aromatic rings. The second kappa shape index (κ2) is 8.70. The molecule has 0 saturated heterocycles. The summed E-state index contributed by atoms with van der Waals surface area (Å²) >= 11 is 0. The maximum Gasteiger partial charge on any atom is 1.00 e. The number of halogens is 1. The predicted octanol–water partition coefficient (Wildman–Crippen LogP) is -0.644. The van der Waals surface area contributed by atoms with Gasteiger partial charge in [-0.15, -0.1) is 3.89 Å². The molecule has 0 spiro atoms. The zero-order chi connectivity index (χ0) is 11.0. The molecule has 0 aliphatic heterocycles. The maximum atomic E-state index is 12.0. The van der Waals surface area contributed by atoms with Gasteiger partial charge in [-0.3, -0.25) is 4.91 Å². The van der Waals surface area contributed by atoms with E-state index in [2.05, 4.69) is 0 Å². The monoisotopic (exact) mass is 239 g/mol. The summed E-state index contributed by atoms with van der Waals surface area (Å²) < 4.78 is 32.3. The molecule has 0 aliphatic rings. The van der Waals surface area contributed by atoms with Crippen molar-refractivity contribution in [1.29, 1.82) is 0 Å². The Hall–Kier alpha value is -0.590. The summed E-state index contributed by atoms with van der Waals surface area (Å²) in [6, 6.07) is 8.21. The molecule has 0 unspecified atom stereocenters. The van der Waals surface area contributed by atoms with E-state index < -0.39 is 16.0 Å². The smallest absolute Gasteiger partial charge is 0.373 e. The minimum Gasteiger partial charge on any atom is -0.373 e. The van der Waals surface area contributed by atoms with Crippen LogP contribution < -0.4 is 29.6 Å². The molecule has 0 aromatic heterocycles. The van der Waals surface area contributed by atoms with Crippen molar-refractivity contribution < 1.29 is 41.9 Å². The molecule has 1 aromatic carbocycles. The van der Waals surface area contributed by atoms with Crippen LogP contribution in [0.4, 0.5) is 3.89 Å². The van der Waals surface area contributed by atoms with Crippen molar-refractivity contribution in [1.82, 2.24) is 0 Å². The van der Waals surface area contributed by atoms with Crippen LogP contribution in [0.15, 0.2) is 30.3 Å². The minimum absolute atomic E-state index is 0. The van der Waals surface area contributed by atoms with Gasteiger partial charge in [0, 0.05) is 0 Å². The average Bonchev–Trinajstić information content (AvgIpc) is 2.04. The first kappa shape index (κ1) is 16.8. The van der Waals surface area contributed by atoms with E-state index in [1.807, 2.05) is 0 Å². The van der Waals surface area contributed by atoms with E-state index in [9.17, 15) is 12.3 Å². The van der Waals surface area contributed by atoms with Crippen molar-refractivity contribution in [3.63, 3.8) is 0 Å². The molecule has 76 valence electrons. The number of benzene rings is 1. The maximum absolute atomic E-state index is 12.0. The Morgan fingerprint density at radius 2 is 1.60 bits per heavy atom. The topological polar surface area (TPSA) is 92.8 Å². The summed E-state index contributed by atoms with van der Waals surface area (Å²) in [5.41, 5.74) is 14.0. The Bertz CT molecular complexity index is 404. The summed E-state index contributed by atoms with van der Waals surface area (Å²) in [5.74, 6) is -0.534. The van der Waals surface area contributed by atoms with Crippen LogP contribution in [0, 0.1) is 0 Å². The molecule has 1 rings (SSSR count). The van der Waals surface area contributed by atoms with Crippen LogP contribution in [0.3, 0.4) is 0 Å². The van der Waals surface area contributed by atoms with Crippen LogP contribution in [0.1, 0.15) is 5.56 Å². The molecule has 5 nitrogen and oxygen atoms in total. The van der Waals surface area contributed by atoms with E-state index in [0.29, 0.717) is 5.56 Å². The van der Waals surface area contributed by atoms with E-state index in [1.165, 1.54) is 4.91 Å². The van der Waals surface area contributed by atoms with Gasteiger partial charge in [0.25, 0.3) is 0 Å². The van der Waals surface area contributed by atoms with Gasteiger partial charge in [-0.2, -0.15) is 8.42 Å².